The predicted molar refractivity (Wildman–Crippen MR) is 104 cm³/mol. The van der Waals surface area contributed by atoms with E-state index in [2.05, 4.69) is 20.8 Å². The molecular weight excluding hydrogens is 380 g/mol. The van der Waals surface area contributed by atoms with Crippen LogP contribution in [0.15, 0.2) is 29.4 Å². The first-order valence-electron chi connectivity index (χ1n) is 9.40. The molecule has 0 radical (unpaired) electrons. The molecule has 1 aromatic heterocycles. The van der Waals surface area contributed by atoms with Crippen molar-refractivity contribution < 1.29 is 14.3 Å². The molecule has 0 bridgehead atoms. The Morgan fingerprint density at radius 2 is 2.14 bits per heavy atom. The fourth-order valence-corrected chi connectivity index (χ4v) is 4.06. The summed E-state index contributed by atoms with van der Waals surface area (Å²) in [5.41, 5.74) is 1.56. The highest BCUT2D eigenvalue weighted by Crippen LogP contribution is 2.23. The van der Waals surface area contributed by atoms with Crippen molar-refractivity contribution in [2.24, 2.45) is 0 Å². The van der Waals surface area contributed by atoms with Crippen molar-refractivity contribution in [2.75, 3.05) is 29.1 Å². The second-order valence-corrected chi connectivity index (χ2v) is 7.75. The molecule has 1 atom stereocenters. The van der Waals surface area contributed by atoms with Crippen molar-refractivity contribution in [1.82, 2.24) is 20.2 Å². The number of hydrogen-bond donors (Lipinski definition) is 1. The number of anilines is 2. The first-order valence-corrected chi connectivity index (χ1v) is 10.4. The second-order valence-electron chi connectivity index (χ2n) is 6.81. The van der Waals surface area contributed by atoms with Crippen LogP contribution in [0.4, 0.5) is 11.4 Å². The van der Waals surface area contributed by atoms with Crippen LogP contribution in [-0.2, 0) is 20.9 Å². The van der Waals surface area contributed by atoms with E-state index in [1.54, 1.807) is 9.58 Å². The number of hydrogen-bond acceptors (Lipinski definition) is 7. The minimum Gasteiger partial charge on any atom is -0.376 e. The van der Waals surface area contributed by atoms with Gasteiger partial charge in [-0.1, -0.05) is 11.8 Å². The number of nitrogens with zero attached hydrogens (tertiary/aromatic N) is 5. The molecule has 0 unspecified atom stereocenters. The number of carbonyl (C=O) groups is 2. The van der Waals surface area contributed by atoms with Crippen LogP contribution in [0.2, 0.25) is 0 Å². The number of nitrogens with one attached hydrogen (secondary N) is 1. The maximum Gasteiger partial charge on any atom is 0.234 e. The second kappa shape index (κ2) is 8.70. The summed E-state index contributed by atoms with van der Waals surface area (Å²) >= 11 is 1.29. The monoisotopic (exact) mass is 402 g/mol. The smallest absolute Gasteiger partial charge is 0.234 e. The van der Waals surface area contributed by atoms with E-state index in [-0.39, 0.29) is 23.7 Å². The van der Waals surface area contributed by atoms with Gasteiger partial charge in [-0.05, 0) is 54.0 Å². The number of aromatic nitrogens is 4. The van der Waals surface area contributed by atoms with Crippen molar-refractivity contribution >= 4 is 35.0 Å². The number of amides is 2. The van der Waals surface area contributed by atoms with Gasteiger partial charge in [0.1, 0.15) is 0 Å². The molecule has 2 fully saturated rings. The Balaban J connectivity index is 1.28. The Kier molecular flexibility index (Phi) is 5.87. The molecule has 148 valence electrons. The number of carbonyl (C=O) groups excluding carboxylic acids is 2. The van der Waals surface area contributed by atoms with E-state index >= 15 is 0 Å². The van der Waals surface area contributed by atoms with Crippen LogP contribution < -0.4 is 10.2 Å². The lowest BCUT2D eigenvalue weighted by Crippen LogP contribution is -2.23. The fourth-order valence-electron chi connectivity index (χ4n) is 3.37. The SMILES string of the molecule is O=C(CSc1nnnn1C[C@@H]1CCCO1)Nc1ccc(N2CCCC2=O)cc1. The van der Waals surface area contributed by atoms with E-state index in [4.69, 9.17) is 4.74 Å². The highest BCUT2D eigenvalue weighted by Gasteiger charge is 2.22. The Hall–Kier alpha value is -2.46. The molecule has 1 N–H and O–H groups in total. The van der Waals surface area contributed by atoms with Crippen LogP contribution in [0.25, 0.3) is 0 Å². The molecule has 2 amide bonds. The molecule has 1 aromatic carbocycles. The summed E-state index contributed by atoms with van der Waals surface area (Å²) in [7, 11) is 0. The van der Waals surface area contributed by atoms with Crippen LogP contribution in [-0.4, -0.2) is 57.0 Å². The summed E-state index contributed by atoms with van der Waals surface area (Å²) in [4.78, 5) is 25.8. The molecule has 28 heavy (non-hydrogen) atoms. The third-order valence-corrected chi connectivity index (χ3v) is 5.73. The minimum atomic E-state index is -0.137. The number of rotatable bonds is 7. The molecule has 2 aromatic rings. The number of ether oxygens (including phenoxy) is 1. The Labute approximate surface area is 166 Å². The average Bonchev–Trinajstić information content (AvgIpc) is 3.44. The first kappa shape index (κ1) is 18.9. The number of tetrazole rings is 1. The minimum absolute atomic E-state index is 0.137. The third kappa shape index (κ3) is 4.50. The summed E-state index contributed by atoms with van der Waals surface area (Å²) in [6.45, 7) is 2.14. The molecule has 9 nitrogen and oxygen atoms in total. The van der Waals surface area contributed by atoms with Gasteiger partial charge in [-0.15, -0.1) is 5.10 Å². The van der Waals surface area contributed by atoms with Crippen molar-refractivity contribution in [3.63, 3.8) is 0 Å². The molecule has 0 aliphatic carbocycles. The van der Waals surface area contributed by atoms with E-state index in [9.17, 15) is 9.59 Å². The third-order valence-electron chi connectivity index (χ3n) is 4.77. The lowest BCUT2D eigenvalue weighted by molar-refractivity contribution is -0.117. The number of thioether (sulfide) groups is 1. The molecule has 2 aliphatic heterocycles. The molecule has 3 heterocycles. The van der Waals surface area contributed by atoms with E-state index in [0.717, 1.165) is 38.1 Å². The summed E-state index contributed by atoms with van der Waals surface area (Å²) < 4.78 is 7.30. The van der Waals surface area contributed by atoms with E-state index < -0.39 is 0 Å². The van der Waals surface area contributed by atoms with Gasteiger partial charge in [0.15, 0.2) is 0 Å². The maximum atomic E-state index is 12.3. The van der Waals surface area contributed by atoms with E-state index in [1.807, 2.05) is 24.3 Å². The standard InChI is InChI=1S/C18H22N6O3S/c25-16(12-28-18-20-21-22-24(18)11-15-3-2-10-27-15)19-13-5-7-14(8-6-13)23-9-1-4-17(23)26/h5-8,15H,1-4,9-12H2,(H,19,25)/t15-/m0/s1. The van der Waals surface area contributed by atoms with E-state index in [0.29, 0.717) is 23.8 Å². The van der Waals surface area contributed by atoms with Gasteiger partial charge in [-0.3, -0.25) is 9.59 Å². The summed E-state index contributed by atoms with van der Waals surface area (Å²) in [5, 5.41) is 15.1. The van der Waals surface area contributed by atoms with Gasteiger partial charge >= 0.3 is 0 Å². The van der Waals surface area contributed by atoms with Gasteiger partial charge in [0.25, 0.3) is 0 Å². The quantitative estimate of drug-likeness (QED) is 0.703. The molecular formula is C18H22N6O3S. The first-order chi connectivity index (χ1) is 13.7. The van der Waals surface area contributed by atoms with Crippen molar-refractivity contribution in [3.05, 3.63) is 24.3 Å². The lowest BCUT2D eigenvalue weighted by Gasteiger charge is -2.16. The molecule has 2 saturated heterocycles. The van der Waals surface area contributed by atoms with Crippen LogP contribution >= 0.6 is 11.8 Å². The average molecular weight is 402 g/mol. The molecule has 2 aliphatic rings. The maximum absolute atomic E-state index is 12.3. The van der Waals surface area contributed by atoms with Crippen molar-refractivity contribution in [1.29, 1.82) is 0 Å². The largest absolute Gasteiger partial charge is 0.376 e. The number of benzene rings is 1. The summed E-state index contributed by atoms with van der Waals surface area (Å²) in [6, 6.07) is 7.33. The van der Waals surface area contributed by atoms with Crippen LogP contribution in [0.1, 0.15) is 25.7 Å². The van der Waals surface area contributed by atoms with Gasteiger partial charge in [0.2, 0.25) is 17.0 Å². The lowest BCUT2D eigenvalue weighted by atomic mass is 10.2. The molecule has 0 saturated carbocycles. The molecule has 0 spiro atoms. The summed E-state index contributed by atoms with van der Waals surface area (Å²) in [6.07, 6.45) is 3.69. The normalized spacial score (nSPS) is 19.4. The topological polar surface area (TPSA) is 102 Å². The van der Waals surface area contributed by atoms with Gasteiger partial charge < -0.3 is 15.0 Å². The Bertz CT molecular complexity index is 834. The van der Waals surface area contributed by atoms with Crippen molar-refractivity contribution in [3.8, 4) is 0 Å². The Morgan fingerprint density at radius 3 is 2.86 bits per heavy atom. The highest BCUT2D eigenvalue weighted by atomic mass is 32.2. The zero-order valence-corrected chi connectivity index (χ0v) is 16.2. The van der Waals surface area contributed by atoms with E-state index in [1.165, 1.54) is 11.8 Å². The van der Waals surface area contributed by atoms with Gasteiger partial charge in [-0.2, -0.15) is 0 Å². The Morgan fingerprint density at radius 1 is 1.29 bits per heavy atom. The van der Waals surface area contributed by atoms with Gasteiger partial charge in [0.05, 0.1) is 18.4 Å². The predicted octanol–water partition coefficient (Wildman–Crippen LogP) is 1.71. The summed E-state index contributed by atoms with van der Waals surface area (Å²) in [5.74, 6) is 0.216. The zero-order valence-electron chi connectivity index (χ0n) is 15.4. The zero-order chi connectivity index (χ0) is 19.3. The van der Waals surface area contributed by atoms with Crippen LogP contribution in [0.5, 0.6) is 0 Å². The van der Waals surface area contributed by atoms with Gasteiger partial charge in [-0.25, -0.2) is 4.68 Å². The van der Waals surface area contributed by atoms with Crippen molar-refractivity contribution in [2.45, 2.75) is 43.5 Å². The highest BCUT2D eigenvalue weighted by molar-refractivity contribution is 7.99. The fraction of sp³-hybridized carbons (Fsp3) is 0.500. The van der Waals surface area contributed by atoms with Gasteiger partial charge in [0, 0.05) is 30.9 Å². The van der Waals surface area contributed by atoms with Crippen LogP contribution in [0, 0.1) is 0 Å². The molecule has 10 heteroatoms. The van der Waals surface area contributed by atoms with Crippen LogP contribution in [0.3, 0.4) is 0 Å². The molecule has 4 rings (SSSR count).